The summed E-state index contributed by atoms with van der Waals surface area (Å²) in [5.41, 5.74) is 1.49. The maximum atomic E-state index is 12.2. The van der Waals surface area contributed by atoms with Crippen LogP contribution in [0.25, 0.3) is 0 Å². The summed E-state index contributed by atoms with van der Waals surface area (Å²) >= 11 is 3.40. The molecule has 0 radical (unpaired) electrons. The first-order valence-corrected chi connectivity index (χ1v) is 7.96. The Morgan fingerprint density at radius 1 is 1.17 bits per heavy atom. The number of carbonyl (C=O) groups excluding carboxylic acids is 1. The molecule has 0 heterocycles. The first-order chi connectivity index (χ1) is 11.4. The summed E-state index contributed by atoms with van der Waals surface area (Å²) in [5, 5.41) is 8.89. The van der Waals surface area contributed by atoms with E-state index in [0.717, 1.165) is 10.0 Å². The summed E-state index contributed by atoms with van der Waals surface area (Å²) < 4.78 is 16.9. The van der Waals surface area contributed by atoms with Crippen LogP contribution in [0.1, 0.15) is 18.1 Å². The van der Waals surface area contributed by atoms with Crippen molar-refractivity contribution in [2.24, 2.45) is 0 Å². The van der Waals surface area contributed by atoms with Gasteiger partial charge in [-0.15, -0.1) is 0 Å². The standard InChI is InChI=1S/C18H16BrNO4/c1-11-4-6-15(14(19)8-11)23-12(2)18(21)24-16-7-5-13(10-20)9-17(16)22-3/h4-9,12H,1-3H3/t12-/m0/s1. The third kappa shape index (κ3) is 4.27. The lowest BCUT2D eigenvalue weighted by molar-refractivity contribution is -0.141. The zero-order chi connectivity index (χ0) is 17.7. The fraction of sp³-hybridized carbons (Fsp3) is 0.222. The van der Waals surface area contributed by atoms with Crippen LogP contribution in [0.2, 0.25) is 0 Å². The Labute approximate surface area is 148 Å². The van der Waals surface area contributed by atoms with Crippen LogP contribution in [0, 0.1) is 18.3 Å². The lowest BCUT2D eigenvalue weighted by atomic mass is 10.2. The number of hydrogen-bond donors (Lipinski definition) is 0. The van der Waals surface area contributed by atoms with Crippen molar-refractivity contribution in [1.29, 1.82) is 5.26 Å². The molecule has 1 atom stereocenters. The van der Waals surface area contributed by atoms with Crippen LogP contribution in [0.3, 0.4) is 0 Å². The number of benzene rings is 2. The Bertz CT molecular complexity index is 798. The normalized spacial score (nSPS) is 11.3. The van der Waals surface area contributed by atoms with E-state index < -0.39 is 12.1 Å². The summed E-state index contributed by atoms with van der Waals surface area (Å²) in [4.78, 5) is 12.2. The Morgan fingerprint density at radius 3 is 2.50 bits per heavy atom. The summed E-state index contributed by atoms with van der Waals surface area (Å²) in [6, 6.07) is 12.1. The van der Waals surface area contributed by atoms with Gasteiger partial charge in [0.15, 0.2) is 17.6 Å². The number of hydrogen-bond acceptors (Lipinski definition) is 5. The van der Waals surface area contributed by atoms with E-state index in [1.165, 1.54) is 19.2 Å². The van der Waals surface area contributed by atoms with E-state index in [1.807, 2.05) is 25.1 Å². The van der Waals surface area contributed by atoms with E-state index >= 15 is 0 Å². The number of nitriles is 1. The molecule has 124 valence electrons. The average molecular weight is 390 g/mol. The van der Waals surface area contributed by atoms with Crippen molar-refractivity contribution in [1.82, 2.24) is 0 Å². The second-order valence-electron chi connectivity index (χ2n) is 5.09. The Morgan fingerprint density at radius 2 is 1.88 bits per heavy atom. The van der Waals surface area contributed by atoms with Crippen LogP contribution in [0.15, 0.2) is 40.9 Å². The molecular formula is C18H16BrNO4. The number of rotatable bonds is 5. The predicted octanol–water partition coefficient (Wildman–Crippen LogP) is 4.01. The van der Waals surface area contributed by atoms with Gasteiger partial charge >= 0.3 is 5.97 Å². The highest BCUT2D eigenvalue weighted by Crippen LogP contribution is 2.29. The molecule has 0 saturated heterocycles. The summed E-state index contributed by atoms with van der Waals surface area (Å²) in [5.74, 6) is 0.536. The van der Waals surface area contributed by atoms with E-state index in [0.29, 0.717) is 17.1 Å². The number of halogens is 1. The van der Waals surface area contributed by atoms with Crippen LogP contribution in [-0.4, -0.2) is 19.2 Å². The van der Waals surface area contributed by atoms with Crippen molar-refractivity contribution in [2.45, 2.75) is 20.0 Å². The molecule has 6 heteroatoms. The van der Waals surface area contributed by atoms with Gasteiger partial charge in [0.25, 0.3) is 0 Å². The third-order valence-electron chi connectivity index (χ3n) is 3.23. The molecule has 0 bridgehead atoms. The second-order valence-corrected chi connectivity index (χ2v) is 5.95. The number of carbonyl (C=O) groups is 1. The van der Waals surface area contributed by atoms with Crippen LogP contribution < -0.4 is 14.2 Å². The molecule has 0 N–H and O–H groups in total. The lowest BCUT2D eigenvalue weighted by Crippen LogP contribution is -2.28. The SMILES string of the molecule is COc1cc(C#N)ccc1OC(=O)[C@H](C)Oc1ccc(C)cc1Br. The van der Waals surface area contributed by atoms with Gasteiger partial charge in [-0.25, -0.2) is 4.79 Å². The maximum absolute atomic E-state index is 12.2. The minimum Gasteiger partial charge on any atom is -0.493 e. The highest BCUT2D eigenvalue weighted by Gasteiger charge is 2.20. The third-order valence-corrected chi connectivity index (χ3v) is 3.85. The largest absolute Gasteiger partial charge is 0.493 e. The van der Waals surface area contributed by atoms with Crippen molar-refractivity contribution < 1.29 is 19.0 Å². The van der Waals surface area contributed by atoms with E-state index in [9.17, 15) is 4.79 Å². The molecule has 0 aliphatic heterocycles. The molecule has 0 aliphatic rings. The van der Waals surface area contributed by atoms with Gasteiger partial charge in [-0.3, -0.25) is 0 Å². The van der Waals surface area contributed by atoms with Crippen LogP contribution >= 0.6 is 15.9 Å². The monoisotopic (exact) mass is 389 g/mol. The van der Waals surface area contributed by atoms with E-state index in [-0.39, 0.29) is 5.75 Å². The molecule has 0 saturated carbocycles. The summed E-state index contributed by atoms with van der Waals surface area (Å²) in [6.45, 7) is 3.56. The topological polar surface area (TPSA) is 68.5 Å². The minimum absolute atomic E-state index is 0.236. The highest BCUT2D eigenvalue weighted by molar-refractivity contribution is 9.10. The molecule has 0 spiro atoms. The number of nitrogens with zero attached hydrogens (tertiary/aromatic N) is 1. The first kappa shape index (κ1) is 17.8. The molecule has 0 aliphatic carbocycles. The molecule has 0 fully saturated rings. The van der Waals surface area contributed by atoms with Gasteiger partial charge in [-0.2, -0.15) is 5.26 Å². The predicted molar refractivity (Wildman–Crippen MR) is 92.3 cm³/mol. The molecule has 2 aromatic rings. The summed E-state index contributed by atoms with van der Waals surface area (Å²) in [6.07, 6.45) is -0.815. The maximum Gasteiger partial charge on any atom is 0.352 e. The number of methoxy groups -OCH3 is 1. The fourth-order valence-electron chi connectivity index (χ4n) is 1.95. The van der Waals surface area contributed by atoms with Crippen molar-refractivity contribution in [2.75, 3.05) is 7.11 Å². The average Bonchev–Trinajstić information content (AvgIpc) is 2.57. The first-order valence-electron chi connectivity index (χ1n) is 7.17. The fourth-order valence-corrected chi connectivity index (χ4v) is 2.54. The molecule has 2 aromatic carbocycles. The smallest absolute Gasteiger partial charge is 0.352 e. The van der Waals surface area contributed by atoms with E-state index in [2.05, 4.69) is 15.9 Å². The highest BCUT2D eigenvalue weighted by atomic mass is 79.9. The second kappa shape index (κ2) is 7.84. The van der Waals surface area contributed by atoms with Crippen molar-refractivity contribution in [3.05, 3.63) is 52.0 Å². The molecule has 5 nitrogen and oxygen atoms in total. The quantitative estimate of drug-likeness (QED) is 0.570. The van der Waals surface area contributed by atoms with Gasteiger partial charge in [0, 0.05) is 6.07 Å². The molecule has 2 rings (SSSR count). The molecule has 24 heavy (non-hydrogen) atoms. The van der Waals surface area contributed by atoms with Gasteiger partial charge in [0.05, 0.1) is 23.2 Å². The van der Waals surface area contributed by atoms with E-state index in [1.54, 1.807) is 19.1 Å². The molecular weight excluding hydrogens is 374 g/mol. The Kier molecular flexibility index (Phi) is 5.83. The molecule has 0 unspecified atom stereocenters. The number of esters is 1. The Balaban J connectivity index is 2.10. The van der Waals surface area contributed by atoms with Crippen molar-refractivity contribution in [3.8, 4) is 23.3 Å². The Hall–Kier alpha value is -2.52. The van der Waals surface area contributed by atoms with Gasteiger partial charge in [-0.05, 0) is 59.6 Å². The van der Waals surface area contributed by atoms with Gasteiger partial charge < -0.3 is 14.2 Å². The molecule has 0 amide bonds. The van der Waals surface area contributed by atoms with Crippen LogP contribution in [-0.2, 0) is 4.79 Å². The molecule has 0 aromatic heterocycles. The zero-order valence-electron chi connectivity index (χ0n) is 13.5. The van der Waals surface area contributed by atoms with Gasteiger partial charge in [0.1, 0.15) is 5.75 Å². The van der Waals surface area contributed by atoms with E-state index in [4.69, 9.17) is 19.5 Å². The van der Waals surface area contributed by atoms with Crippen molar-refractivity contribution >= 4 is 21.9 Å². The number of aryl methyl sites for hydroxylation is 1. The minimum atomic E-state index is -0.815. The summed E-state index contributed by atoms with van der Waals surface area (Å²) in [7, 11) is 1.44. The van der Waals surface area contributed by atoms with Crippen molar-refractivity contribution in [3.63, 3.8) is 0 Å². The van der Waals surface area contributed by atoms with Crippen LogP contribution in [0.4, 0.5) is 0 Å². The van der Waals surface area contributed by atoms with Gasteiger partial charge in [-0.1, -0.05) is 6.07 Å². The number of ether oxygens (including phenoxy) is 3. The van der Waals surface area contributed by atoms with Crippen LogP contribution in [0.5, 0.6) is 17.2 Å². The zero-order valence-corrected chi connectivity index (χ0v) is 15.1. The van der Waals surface area contributed by atoms with Gasteiger partial charge in [0.2, 0.25) is 0 Å². The lowest BCUT2D eigenvalue weighted by Gasteiger charge is -2.16.